The molecule has 0 heterocycles. The highest BCUT2D eigenvalue weighted by atomic mass is 16.5. The summed E-state index contributed by atoms with van der Waals surface area (Å²) in [6.45, 7) is 6.25. The first-order valence-electron chi connectivity index (χ1n) is 6.47. The van der Waals surface area contributed by atoms with Crippen LogP contribution >= 0.6 is 0 Å². The van der Waals surface area contributed by atoms with Gasteiger partial charge in [-0.1, -0.05) is 6.42 Å². The van der Waals surface area contributed by atoms with E-state index in [1.165, 1.54) is 12.8 Å². The quantitative estimate of drug-likeness (QED) is 0.684. The van der Waals surface area contributed by atoms with E-state index in [2.05, 4.69) is 19.2 Å². The van der Waals surface area contributed by atoms with Crippen LogP contribution in [-0.2, 0) is 4.74 Å². The molecule has 96 valence electrons. The maximum Gasteiger partial charge on any atom is 0.0634 e. The van der Waals surface area contributed by atoms with Crippen molar-refractivity contribution in [2.45, 2.75) is 57.7 Å². The first-order valence-corrected chi connectivity index (χ1v) is 6.47. The Balaban J connectivity index is 2.06. The molecule has 0 amide bonds. The minimum absolute atomic E-state index is 0.0287. The molecule has 0 aromatic heterocycles. The summed E-state index contributed by atoms with van der Waals surface area (Å²) in [7, 11) is 1.76. The summed E-state index contributed by atoms with van der Waals surface area (Å²) in [6.07, 6.45) is 5.37. The van der Waals surface area contributed by atoms with Crippen LogP contribution in [0.15, 0.2) is 0 Å². The number of hydrogen-bond acceptors (Lipinski definition) is 3. The van der Waals surface area contributed by atoms with Crippen LogP contribution in [0, 0.1) is 5.92 Å². The maximum absolute atomic E-state index is 9.56. The zero-order chi connectivity index (χ0) is 12.0. The molecule has 3 heteroatoms. The molecule has 0 bridgehead atoms. The largest absolute Gasteiger partial charge is 0.393 e. The summed E-state index contributed by atoms with van der Waals surface area (Å²) >= 11 is 0. The Labute approximate surface area is 99.6 Å². The molecule has 2 atom stereocenters. The SMILES string of the molecule is COC(C)(C)CCNCC1CCCC(O)C1. The van der Waals surface area contributed by atoms with Crippen molar-refractivity contribution in [2.24, 2.45) is 5.92 Å². The predicted molar refractivity (Wildman–Crippen MR) is 66.5 cm³/mol. The smallest absolute Gasteiger partial charge is 0.0634 e. The van der Waals surface area contributed by atoms with Gasteiger partial charge in [0.1, 0.15) is 0 Å². The second kappa shape index (κ2) is 6.58. The van der Waals surface area contributed by atoms with Crippen LogP contribution in [0.5, 0.6) is 0 Å². The van der Waals surface area contributed by atoms with Crippen LogP contribution in [-0.4, -0.2) is 37.0 Å². The van der Waals surface area contributed by atoms with Crippen LogP contribution in [0.1, 0.15) is 46.0 Å². The lowest BCUT2D eigenvalue weighted by Gasteiger charge is -2.27. The maximum atomic E-state index is 9.56. The molecule has 2 unspecified atom stereocenters. The summed E-state index contributed by atoms with van der Waals surface area (Å²) in [6, 6.07) is 0. The molecule has 0 aliphatic heterocycles. The fourth-order valence-corrected chi connectivity index (χ4v) is 2.25. The van der Waals surface area contributed by atoms with Crippen molar-refractivity contribution in [3.05, 3.63) is 0 Å². The third-order valence-electron chi connectivity index (χ3n) is 3.64. The van der Waals surface area contributed by atoms with E-state index in [0.717, 1.165) is 32.4 Å². The van der Waals surface area contributed by atoms with Crippen molar-refractivity contribution in [3.63, 3.8) is 0 Å². The van der Waals surface area contributed by atoms with Crippen molar-refractivity contribution < 1.29 is 9.84 Å². The molecule has 1 aliphatic carbocycles. The highest BCUT2D eigenvalue weighted by molar-refractivity contribution is 4.75. The van der Waals surface area contributed by atoms with Gasteiger partial charge in [0.05, 0.1) is 11.7 Å². The highest BCUT2D eigenvalue weighted by Gasteiger charge is 2.20. The molecular formula is C13H27NO2. The Kier molecular flexibility index (Phi) is 5.73. The van der Waals surface area contributed by atoms with Crippen LogP contribution in [0.3, 0.4) is 0 Å². The molecule has 1 rings (SSSR count). The van der Waals surface area contributed by atoms with Gasteiger partial charge in [-0.15, -0.1) is 0 Å². The standard InChI is InChI=1S/C13H27NO2/c1-13(2,16-3)7-8-14-10-11-5-4-6-12(15)9-11/h11-12,14-15H,4-10H2,1-3H3. The average molecular weight is 229 g/mol. The monoisotopic (exact) mass is 229 g/mol. The molecule has 0 aromatic rings. The van der Waals surface area contributed by atoms with Gasteiger partial charge in [0.25, 0.3) is 0 Å². The van der Waals surface area contributed by atoms with Gasteiger partial charge in [-0.2, -0.15) is 0 Å². The van der Waals surface area contributed by atoms with Crippen LogP contribution in [0.4, 0.5) is 0 Å². The van der Waals surface area contributed by atoms with Gasteiger partial charge in [-0.05, 0) is 58.5 Å². The van der Waals surface area contributed by atoms with Crippen LogP contribution < -0.4 is 5.32 Å². The Morgan fingerprint density at radius 3 is 2.75 bits per heavy atom. The Morgan fingerprint density at radius 2 is 2.12 bits per heavy atom. The van der Waals surface area contributed by atoms with Gasteiger partial charge in [0.15, 0.2) is 0 Å². The molecule has 1 fully saturated rings. The molecule has 16 heavy (non-hydrogen) atoms. The number of nitrogens with one attached hydrogen (secondary N) is 1. The Bertz CT molecular complexity index is 194. The number of methoxy groups -OCH3 is 1. The van der Waals surface area contributed by atoms with E-state index in [1.807, 2.05) is 0 Å². The van der Waals surface area contributed by atoms with Gasteiger partial charge < -0.3 is 15.2 Å². The summed E-state index contributed by atoms with van der Waals surface area (Å²) < 4.78 is 5.37. The van der Waals surface area contributed by atoms with E-state index in [4.69, 9.17) is 4.74 Å². The molecule has 0 saturated heterocycles. The first kappa shape index (κ1) is 13.9. The lowest BCUT2D eigenvalue weighted by molar-refractivity contribution is 0.0153. The fourth-order valence-electron chi connectivity index (χ4n) is 2.25. The van der Waals surface area contributed by atoms with Crippen molar-refractivity contribution in [3.8, 4) is 0 Å². The molecule has 1 aliphatic rings. The predicted octanol–water partition coefficient (Wildman–Crippen LogP) is 1.94. The van der Waals surface area contributed by atoms with Crippen molar-refractivity contribution in [1.82, 2.24) is 5.32 Å². The molecular weight excluding hydrogens is 202 g/mol. The molecule has 2 N–H and O–H groups in total. The second-order valence-corrected chi connectivity index (χ2v) is 5.60. The molecule has 3 nitrogen and oxygen atoms in total. The van der Waals surface area contributed by atoms with Crippen LogP contribution in [0.2, 0.25) is 0 Å². The number of rotatable bonds is 6. The summed E-state index contributed by atoms with van der Waals surface area (Å²) in [5, 5.41) is 13.0. The Hall–Kier alpha value is -0.120. The third kappa shape index (κ3) is 5.28. The van der Waals surface area contributed by atoms with Gasteiger partial charge in [0, 0.05) is 7.11 Å². The fraction of sp³-hybridized carbons (Fsp3) is 1.00. The lowest BCUT2D eigenvalue weighted by atomic mass is 9.87. The second-order valence-electron chi connectivity index (χ2n) is 5.60. The minimum atomic E-state index is -0.0593. The van der Waals surface area contributed by atoms with E-state index in [1.54, 1.807) is 7.11 Å². The highest BCUT2D eigenvalue weighted by Crippen LogP contribution is 2.23. The van der Waals surface area contributed by atoms with E-state index in [0.29, 0.717) is 5.92 Å². The molecule has 0 spiro atoms. The number of aliphatic hydroxyl groups excluding tert-OH is 1. The van der Waals surface area contributed by atoms with Crippen LogP contribution in [0.25, 0.3) is 0 Å². The number of ether oxygens (including phenoxy) is 1. The van der Waals surface area contributed by atoms with E-state index in [-0.39, 0.29) is 11.7 Å². The summed E-state index contributed by atoms with van der Waals surface area (Å²) in [5.74, 6) is 0.661. The zero-order valence-electron chi connectivity index (χ0n) is 11.0. The van der Waals surface area contributed by atoms with Gasteiger partial charge >= 0.3 is 0 Å². The average Bonchev–Trinajstić information content (AvgIpc) is 2.25. The minimum Gasteiger partial charge on any atom is -0.393 e. The molecule has 0 radical (unpaired) electrons. The zero-order valence-corrected chi connectivity index (χ0v) is 11.0. The summed E-state index contributed by atoms with van der Waals surface area (Å²) in [4.78, 5) is 0. The van der Waals surface area contributed by atoms with E-state index >= 15 is 0 Å². The molecule has 0 aromatic carbocycles. The van der Waals surface area contributed by atoms with Gasteiger partial charge in [0.2, 0.25) is 0 Å². The number of aliphatic hydroxyl groups is 1. The normalized spacial score (nSPS) is 27.0. The van der Waals surface area contributed by atoms with Gasteiger partial charge in [-0.3, -0.25) is 0 Å². The van der Waals surface area contributed by atoms with Gasteiger partial charge in [-0.25, -0.2) is 0 Å². The molecule has 1 saturated carbocycles. The van der Waals surface area contributed by atoms with Crippen molar-refractivity contribution in [2.75, 3.05) is 20.2 Å². The van der Waals surface area contributed by atoms with Crippen molar-refractivity contribution >= 4 is 0 Å². The van der Waals surface area contributed by atoms with E-state index < -0.39 is 0 Å². The Morgan fingerprint density at radius 1 is 1.38 bits per heavy atom. The number of hydrogen-bond donors (Lipinski definition) is 2. The lowest BCUT2D eigenvalue weighted by Crippen LogP contribution is -2.33. The topological polar surface area (TPSA) is 41.5 Å². The summed E-state index contributed by atoms with van der Waals surface area (Å²) in [5.41, 5.74) is -0.0287. The first-order chi connectivity index (χ1) is 7.53. The third-order valence-corrected chi connectivity index (χ3v) is 3.64. The van der Waals surface area contributed by atoms with E-state index in [9.17, 15) is 5.11 Å². The van der Waals surface area contributed by atoms with Crippen molar-refractivity contribution in [1.29, 1.82) is 0 Å².